The highest BCUT2D eigenvalue weighted by atomic mass is 35.5. The van der Waals surface area contributed by atoms with Crippen molar-refractivity contribution in [3.05, 3.63) is 76.3 Å². The van der Waals surface area contributed by atoms with Gasteiger partial charge >= 0.3 is 0 Å². The van der Waals surface area contributed by atoms with E-state index in [1.54, 1.807) is 12.1 Å². The normalized spacial score (nSPS) is 15.0. The number of H-pyrrole nitrogens is 1. The maximum atomic E-state index is 14.6. The van der Waals surface area contributed by atoms with Gasteiger partial charge in [-0.05, 0) is 90.6 Å². The number of nitrogens with one attached hydrogen (secondary N) is 1. The maximum Gasteiger partial charge on any atom is 0.179 e. The number of hydrogen-bond donors (Lipinski definition) is 1. The van der Waals surface area contributed by atoms with E-state index < -0.39 is 11.6 Å². The van der Waals surface area contributed by atoms with Gasteiger partial charge in [0.05, 0.1) is 17.1 Å². The average Bonchev–Trinajstić information content (AvgIpc) is 3.61. The SMILES string of the molecule is Cc1cc(-c2nnn[nH]2)cc(C)c1OCC(C1CCCCC1)n1c(-c2ccc(Cl)cc2)nc2cc(F)c(F)cc21. The molecule has 3 aromatic carbocycles. The van der Waals surface area contributed by atoms with Crippen molar-refractivity contribution in [1.82, 2.24) is 30.2 Å². The summed E-state index contributed by atoms with van der Waals surface area (Å²) < 4.78 is 37.6. The third-order valence-corrected chi connectivity index (χ3v) is 8.09. The number of hydrogen-bond acceptors (Lipinski definition) is 5. The van der Waals surface area contributed by atoms with E-state index >= 15 is 0 Å². The molecular weight excluding hydrogens is 534 g/mol. The molecule has 1 fully saturated rings. The summed E-state index contributed by atoms with van der Waals surface area (Å²) >= 11 is 6.18. The van der Waals surface area contributed by atoms with Gasteiger partial charge in [-0.1, -0.05) is 30.9 Å². The molecule has 1 aliphatic carbocycles. The number of nitrogens with zero attached hydrogens (tertiary/aromatic N) is 5. The molecule has 1 aliphatic rings. The zero-order valence-corrected chi connectivity index (χ0v) is 23.1. The molecule has 7 nitrogen and oxygen atoms in total. The molecule has 2 heterocycles. The first-order valence-electron chi connectivity index (χ1n) is 13.5. The molecule has 1 unspecified atom stereocenters. The molecule has 0 radical (unpaired) electrons. The van der Waals surface area contributed by atoms with Crippen molar-refractivity contribution in [1.29, 1.82) is 0 Å². The predicted octanol–water partition coefficient (Wildman–Crippen LogP) is 7.63. The number of aromatic amines is 1. The van der Waals surface area contributed by atoms with Crippen molar-refractivity contribution in [2.24, 2.45) is 5.92 Å². The molecule has 1 atom stereocenters. The fraction of sp³-hybridized carbons (Fsp3) is 0.333. The first-order chi connectivity index (χ1) is 19.4. The second-order valence-electron chi connectivity index (χ2n) is 10.5. The number of tetrazole rings is 1. The lowest BCUT2D eigenvalue weighted by atomic mass is 9.83. The zero-order valence-electron chi connectivity index (χ0n) is 22.3. The fourth-order valence-corrected chi connectivity index (χ4v) is 6.06. The van der Waals surface area contributed by atoms with E-state index in [4.69, 9.17) is 21.3 Å². The van der Waals surface area contributed by atoms with E-state index in [1.807, 2.05) is 38.1 Å². The lowest BCUT2D eigenvalue weighted by Gasteiger charge is -2.33. The van der Waals surface area contributed by atoms with Crippen LogP contribution in [0, 0.1) is 31.4 Å². The number of fused-ring (bicyclic) bond motifs is 1. The Labute approximate surface area is 235 Å². The maximum absolute atomic E-state index is 14.6. The summed E-state index contributed by atoms with van der Waals surface area (Å²) in [7, 11) is 0. The molecular formula is C30H29ClF2N6O. The summed E-state index contributed by atoms with van der Waals surface area (Å²) in [5, 5.41) is 14.8. The van der Waals surface area contributed by atoms with Crippen molar-refractivity contribution < 1.29 is 13.5 Å². The minimum atomic E-state index is -0.918. The second kappa shape index (κ2) is 11.0. The summed E-state index contributed by atoms with van der Waals surface area (Å²) in [5.74, 6) is 0.474. The van der Waals surface area contributed by atoms with E-state index in [2.05, 4.69) is 25.2 Å². The van der Waals surface area contributed by atoms with E-state index in [-0.39, 0.29) is 12.0 Å². The minimum Gasteiger partial charge on any atom is -0.491 e. The van der Waals surface area contributed by atoms with Crippen LogP contribution < -0.4 is 4.74 Å². The Morgan fingerprint density at radius 1 is 0.975 bits per heavy atom. The van der Waals surface area contributed by atoms with Crippen LogP contribution in [0.1, 0.15) is 49.3 Å². The van der Waals surface area contributed by atoms with Crippen molar-refractivity contribution in [2.45, 2.75) is 52.0 Å². The molecule has 0 amide bonds. The van der Waals surface area contributed by atoms with Gasteiger partial charge in [-0.3, -0.25) is 0 Å². The Morgan fingerprint density at radius 3 is 2.35 bits per heavy atom. The monoisotopic (exact) mass is 562 g/mol. The van der Waals surface area contributed by atoms with Crippen molar-refractivity contribution in [2.75, 3.05) is 6.61 Å². The first-order valence-corrected chi connectivity index (χ1v) is 13.9. The Hall–Kier alpha value is -3.85. The Balaban J connectivity index is 1.44. The van der Waals surface area contributed by atoms with Crippen LogP contribution in [0.15, 0.2) is 48.5 Å². The molecule has 1 saturated carbocycles. The molecule has 0 bridgehead atoms. The van der Waals surface area contributed by atoms with Crippen LogP contribution in [0.4, 0.5) is 8.78 Å². The molecule has 40 heavy (non-hydrogen) atoms. The largest absolute Gasteiger partial charge is 0.491 e. The van der Waals surface area contributed by atoms with Crippen LogP contribution in [0.5, 0.6) is 5.75 Å². The number of aryl methyl sites for hydroxylation is 2. The van der Waals surface area contributed by atoms with Gasteiger partial charge in [0.2, 0.25) is 0 Å². The van der Waals surface area contributed by atoms with Gasteiger partial charge in [0.1, 0.15) is 18.2 Å². The van der Waals surface area contributed by atoms with Crippen LogP contribution in [0.25, 0.3) is 33.8 Å². The van der Waals surface area contributed by atoms with Crippen LogP contribution in [0.3, 0.4) is 0 Å². The summed E-state index contributed by atoms with van der Waals surface area (Å²) in [4.78, 5) is 4.80. The van der Waals surface area contributed by atoms with Gasteiger partial charge in [-0.2, -0.15) is 0 Å². The van der Waals surface area contributed by atoms with Gasteiger partial charge in [0.15, 0.2) is 17.5 Å². The molecule has 5 aromatic rings. The quantitative estimate of drug-likeness (QED) is 0.220. The average molecular weight is 563 g/mol. The van der Waals surface area contributed by atoms with Crippen molar-refractivity contribution >= 4 is 22.6 Å². The van der Waals surface area contributed by atoms with Gasteiger partial charge in [-0.15, -0.1) is 5.10 Å². The highest BCUT2D eigenvalue weighted by Crippen LogP contribution is 2.40. The van der Waals surface area contributed by atoms with Gasteiger partial charge in [-0.25, -0.2) is 18.9 Å². The van der Waals surface area contributed by atoms with E-state index in [9.17, 15) is 8.78 Å². The number of imidazole rings is 1. The number of halogens is 3. The summed E-state index contributed by atoms with van der Waals surface area (Å²) in [5.41, 5.74) is 4.55. The highest BCUT2D eigenvalue weighted by Gasteiger charge is 2.31. The van der Waals surface area contributed by atoms with Crippen molar-refractivity contribution in [3.63, 3.8) is 0 Å². The van der Waals surface area contributed by atoms with Crippen molar-refractivity contribution in [3.8, 4) is 28.5 Å². The molecule has 206 valence electrons. The van der Waals surface area contributed by atoms with Crippen LogP contribution in [-0.4, -0.2) is 36.8 Å². The van der Waals surface area contributed by atoms with E-state index in [0.29, 0.717) is 34.3 Å². The lowest BCUT2D eigenvalue weighted by Crippen LogP contribution is -2.28. The highest BCUT2D eigenvalue weighted by molar-refractivity contribution is 6.30. The number of rotatable bonds is 7. The number of aromatic nitrogens is 6. The van der Waals surface area contributed by atoms with Gasteiger partial charge in [0, 0.05) is 28.3 Å². The second-order valence-corrected chi connectivity index (χ2v) is 11.0. The third kappa shape index (κ3) is 5.06. The molecule has 10 heteroatoms. The topological polar surface area (TPSA) is 81.5 Å². The first kappa shape index (κ1) is 26.4. The lowest BCUT2D eigenvalue weighted by molar-refractivity contribution is 0.169. The van der Waals surface area contributed by atoms with Crippen LogP contribution >= 0.6 is 11.6 Å². The van der Waals surface area contributed by atoms with Gasteiger partial charge < -0.3 is 9.30 Å². The summed E-state index contributed by atoms with van der Waals surface area (Å²) in [6, 6.07) is 13.6. The molecule has 1 N–H and O–H groups in total. The number of ether oxygens (including phenoxy) is 1. The molecule has 0 saturated heterocycles. The summed E-state index contributed by atoms with van der Waals surface area (Å²) in [6.07, 6.45) is 5.46. The predicted molar refractivity (Wildman–Crippen MR) is 150 cm³/mol. The van der Waals surface area contributed by atoms with Gasteiger partial charge in [0.25, 0.3) is 0 Å². The standard InChI is InChI=1S/C30H29ClF2N6O/c1-17-12-21(29-35-37-38-36-29)13-18(2)28(17)40-16-27(19-6-4-3-5-7-19)39-26-15-24(33)23(32)14-25(26)34-30(39)20-8-10-22(31)11-9-20/h8-15,19,27H,3-7,16H2,1-2H3,(H,35,36,37,38). The number of benzene rings is 3. The Bertz CT molecular complexity index is 1620. The zero-order chi connectivity index (χ0) is 27.8. The van der Waals surface area contributed by atoms with E-state index in [1.165, 1.54) is 18.6 Å². The van der Waals surface area contributed by atoms with Crippen LogP contribution in [-0.2, 0) is 0 Å². The molecule has 6 rings (SSSR count). The minimum absolute atomic E-state index is 0.155. The molecule has 2 aromatic heterocycles. The molecule has 0 spiro atoms. The molecule has 0 aliphatic heterocycles. The smallest absolute Gasteiger partial charge is 0.179 e. The van der Waals surface area contributed by atoms with Crippen LogP contribution in [0.2, 0.25) is 5.02 Å². The fourth-order valence-electron chi connectivity index (χ4n) is 5.93. The third-order valence-electron chi connectivity index (χ3n) is 7.84. The van der Waals surface area contributed by atoms with E-state index in [0.717, 1.165) is 53.7 Å². The Morgan fingerprint density at radius 2 is 1.68 bits per heavy atom. The Kier molecular flexibility index (Phi) is 7.23. The summed E-state index contributed by atoms with van der Waals surface area (Å²) in [6.45, 7) is 4.34.